The summed E-state index contributed by atoms with van der Waals surface area (Å²) in [6.45, 7) is 6.77. The van der Waals surface area contributed by atoms with Crippen molar-refractivity contribution >= 4 is 5.91 Å². The van der Waals surface area contributed by atoms with Gasteiger partial charge in [-0.3, -0.25) is 4.79 Å². The molecule has 1 atom stereocenters. The fraction of sp³-hybridized carbons (Fsp3) is 0.533. The van der Waals surface area contributed by atoms with E-state index in [4.69, 9.17) is 10.5 Å². The number of phenolic OH excluding ortho intramolecular Hbond substituents is 1. The van der Waals surface area contributed by atoms with Gasteiger partial charge in [-0.05, 0) is 44.9 Å². The first-order valence-electron chi connectivity index (χ1n) is 6.79. The number of hydrogen-bond acceptors (Lipinski definition) is 4. The summed E-state index contributed by atoms with van der Waals surface area (Å²) in [4.78, 5) is 11.9. The molecule has 4 N–H and O–H groups in total. The lowest BCUT2D eigenvalue weighted by Crippen LogP contribution is -2.47. The fourth-order valence-corrected chi connectivity index (χ4v) is 1.85. The van der Waals surface area contributed by atoms with Crippen molar-refractivity contribution in [2.24, 2.45) is 5.73 Å². The van der Waals surface area contributed by atoms with E-state index in [9.17, 15) is 9.90 Å². The number of phenols is 1. The molecule has 1 aromatic rings. The summed E-state index contributed by atoms with van der Waals surface area (Å²) < 4.78 is 5.51. The van der Waals surface area contributed by atoms with Crippen LogP contribution in [0.25, 0.3) is 0 Å². The summed E-state index contributed by atoms with van der Waals surface area (Å²) in [5, 5.41) is 12.0. The zero-order valence-corrected chi connectivity index (χ0v) is 12.3. The van der Waals surface area contributed by atoms with Gasteiger partial charge in [0.2, 0.25) is 5.91 Å². The highest BCUT2D eigenvalue weighted by molar-refractivity contribution is 5.81. The number of nitrogens with one attached hydrogen (secondary N) is 1. The first-order valence-corrected chi connectivity index (χ1v) is 6.79. The third kappa shape index (κ3) is 5.59. The smallest absolute Gasteiger partial charge is 0.237 e. The van der Waals surface area contributed by atoms with Gasteiger partial charge in [0, 0.05) is 13.2 Å². The van der Waals surface area contributed by atoms with Gasteiger partial charge in [0.15, 0.2) is 0 Å². The predicted molar refractivity (Wildman–Crippen MR) is 78.5 cm³/mol. The van der Waals surface area contributed by atoms with E-state index < -0.39 is 11.6 Å². The number of amides is 1. The number of hydrogen-bond donors (Lipinski definition) is 3. The van der Waals surface area contributed by atoms with Crippen LogP contribution in [0.1, 0.15) is 26.3 Å². The van der Waals surface area contributed by atoms with Crippen LogP contribution in [0.3, 0.4) is 0 Å². The summed E-state index contributed by atoms with van der Waals surface area (Å²) in [7, 11) is 0. The number of benzene rings is 1. The fourth-order valence-electron chi connectivity index (χ4n) is 1.85. The van der Waals surface area contributed by atoms with Crippen LogP contribution in [0.4, 0.5) is 0 Å². The summed E-state index contributed by atoms with van der Waals surface area (Å²) >= 11 is 0. The third-order valence-corrected chi connectivity index (χ3v) is 2.95. The number of aromatic hydroxyl groups is 1. The average molecular weight is 280 g/mol. The van der Waals surface area contributed by atoms with E-state index in [1.54, 1.807) is 24.3 Å². The van der Waals surface area contributed by atoms with Gasteiger partial charge in [-0.2, -0.15) is 0 Å². The van der Waals surface area contributed by atoms with Crippen molar-refractivity contribution in [1.29, 1.82) is 0 Å². The quantitative estimate of drug-likeness (QED) is 0.700. The topological polar surface area (TPSA) is 84.6 Å². The lowest BCUT2D eigenvalue weighted by molar-refractivity contribution is -0.123. The SMILES string of the molecule is CCOC(C)(C)CNC(=O)C(N)Cc1ccc(O)cc1. The Balaban J connectivity index is 2.45. The van der Waals surface area contributed by atoms with Crippen LogP contribution in [0.15, 0.2) is 24.3 Å². The Labute approximate surface area is 120 Å². The second-order valence-corrected chi connectivity index (χ2v) is 5.39. The number of carbonyl (C=O) groups is 1. The van der Waals surface area contributed by atoms with Crippen LogP contribution < -0.4 is 11.1 Å². The lowest BCUT2D eigenvalue weighted by Gasteiger charge is -2.25. The molecule has 0 saturated heterocycles. The average Bonchev–Trinajstić information content (AvgIpc) is 2.38. The summed E-state index contributed by atoms with van der Waals surface area (Å²) in [6.07, 6.45) is 0.432. The van der Waals surface area contributed by atoms with E-state index >= 15 is 0 Å². The van der Waals surface area contributed by atoms with Gasteiger partial charge in [-0.15, -0.1) is 0 Å². The highest BCUT2D eigenvalue weighted by Crippen LogP contribution is 2.11. The molecule has 0 bridgehead atoms. The van der Waals surface area contributed by atoms with E-state index in [0.717, 1.165) is 5.56 Å². The molecule has 5 heteroatoms. The maximum absolute atomic E-state index is 11.9. The molecule has 1 unspecified atom stereocenters. The van der Waals surface area contributed by atoms with Crippen LogP contribution in [0.5, 0.6) is 5.75 Å². The maximum atomic E-state index is 11.9. The van der Waals surface area contributed by atoms with Gasteiger partial charge in [-0.25, -0.2) is 0 Å². The van der Waals surface area contributed by atoms with Gasteiger partial charge >= 0.3 is 0 Å². The molecule has 0 heterocycles. The van der Waals surface area contributed by atoms with Crippen molar-refractivity contribution in [3.8, 4) is 5.75 Å². The second-order valence-electron chi connectivity index (χ2n) is 5.39. The molecular formula is C15H24N2O3. The van der Waals surface area contributed by atoms with E-state index in [-0.39, 0.29) is 11.7 Å². The Bertz CT molecular complexity index is 429. The number of ether oxygens (including phenoxy) is 1. The minimum Gasteiger partial charge on any atom is -0.508 e. The molecule has 0 aliphatic carbocycles. The van der Waals surface area contributed by atoms with Crippen LogP contribution in [0.2, 0.25) is 0 Å². The van der Waals surface area contributed by atoms with Gasteiger partial charge in [-0.1, -0.05) is 12.1 Å². The molecule has 112 valence electrons. The molecule has 0 aliphatic heterocycles. The summed E-state index contributed by atoms with van der Waals surface area (Å²) in [5.41, 5.74) is 6.39. The maximum Gasteiger partial charge on any atom is 0.237 e. The molecule has 0 saturated carbocycles. The van der Waals surface area contributed by atoms with Crippen molar-refractivity contribution in [1.82, 2.24) is 5.32 Å². The van der Waals surface area contributed by atoms with E-state index in [0.29, 0.717) is 19.6 Å². The summed E-state index contributed by atoms with van der Waals surface area (Å²) in [6, 6.07) is 6.06. The molecule has 20 heavy (non-hydrogen) atoms. The van der Waals surface area contributed by atoms with E-state index in [1.807, 2.05) is 20.8 Å². The second kappa shape index (κ2) is 7.26. The van der Waals surface area contributed by atoms with Crippen LogP contribution in [-0.4, -0.2) is 35.8 Å². The van der Waals surface area contributed by atoms with Crippen LogP contribution in [0, 0.1) is 0 Å². The number of carbonyl (C=O) groups excluding carboxylic acids is 1. The molecule has 0 spiro atoms. The molecule has 1 amide bonds. The van der Waals surface area contributed by atoms with Gasteiger partial charge < -0.3 is 20.9 Å². The normalized spacial score (nSPS) is 13.0. The first-order chi connectivity index (χ1) is 9.34. The van der Waals surface area contributed by atoms with Gasteiger partial charge in [0.1, 0.15) is 5.75 Å². The standard InChI is InChI=1S/C15H24N2O3/c1-4-20-15(2,3)10-17-14(19)13(16)9-11-5-7-12(18)8-6-11/h5-8,13,18H,4,9-10,16H2,1-3H3,(H,17,19). The summed E-state index contributed by atoms with van der Waals surface area (Å²) in [5.74, 6) is -0.00362. The van der Waals surface area contributed by atoms with Crippen molar-refractivity contribution in [2.75, 3.05) is 13.2 Å². The van der Waals surface area contributed by atoms with Crippen molar-refractivity contribution in [3.05, 3.63) is 29.8 Å². The highest BCUT2D eigenvalue weighted by atomic mass is 16.5. The minimum atomic E-state index is -0.614. The molecule has 5 nitrogen and oxygen atoms in total. The van der Waals surface area contributed by atoms with Gasteiger partial charge in [0.25, 0.3) is 0 Å². The van der Waals surface area contributed by atoms with Crippen LogP contribution >= 0.6 is 0 Å². The molecule has 0 aliphatic rings. The Morgan fingerprint density at radius 2 is 2.00 bits per heavy atom. The molecule has 0 aromatic heterocycles. The Morgan fingerprint density at radius 3 is 2.55 bits per heavy atom. The minimum absolute atomic E-state index is 0.199. The number of nitrogens with two attached hydrogens (primary N) is 1. The monoisotopic (exact) mass is 280 g/mol. The van der Waals surface area contributed by atoms with E-state index in [1.165, 1.54) is 0 Å². The molecule has 1 rings (SSSR count). The third-order valence-electron chi connectivity index (χ3n) is 2.95. The van der Waals surface area contributed by atoms with Crippen molar-refractivity contribution < 1.29 is 14.6 Å². The van der Waals surface area contributed by atoms with Gasteiger partial charge in [0.05, 0.1) is 11.6 Å². The number of rotatable bonds is 7. The molecule has 0 fully saturated rings. The molecule has 0 radical (unpaired) electrons. The first kappa shape index (κ1) is 16.5. The van der Waals surface area contributed by atoms with Crippen molar-refractivity contribution in [3.63, 3.8) is 0 Å². The zero-order chi connectivity index (χ0) is 15.2. The Kier molecular flexibility index (Phi) is 5.98. The molecular weight excluding hydrogens is 256 g/mol. The highest BCUT2D eigenvalue weighted by Gasteiger charge is 2.21. The molecule has 1 aromatic carbocycles. The Hall–Kier alpha value is -1.59. The Morgan fingerprint density at radius 1 is 1.40 bits per heavy atom. The largest absolute Gasteiger partial charge is 0.508 e. The lowest BCUT2D eigenvalue weighted by atomic mass is 10.1. The van der Waals surface area contributed by atoms with Crippen molar-refractivity contribution in [2.45, 2.75) is 38.8 Å². The zero-order valence-electron chi connectivity index (χ0n) is 12.3. The van der Waals surface area contributed by atoms with Crippen LogP contribution in [-0.2, 0) is 16.0 Å². The predicted octanol–water partition coefficient (Wildman–Crippen LogP) is 1.19. The van der Waals surface area contributed by atoms with E-state index in [2.05, 4.69) is 5.32 Å².